The molecule has 30 heavy (non-hydrogen) atoms. The smallest absolute Gasteiger partial charge is 0.269 e. The normalized spacial score (nSPS) is 20.0. The van der Waals surface area contributed by atoms with E-state index in [1.807, 2.05) is 20.2 Å². The van der Waals surface area contributed by atoms with Crippen LogP contribution in [0.5, 0.6) is 0 Å². The Morgan fingerprint density at radius 3 is 2.50 bits per heavy atom. The molecule has 10 heteroatoms. The highest BCUT2D eigenvalue weighted by molar-refractivity contribution is 6.44. The van der Waals surface area contributed by atoms with Gasteiger partial charge < -0.3 is 25.2 Å². The molecule has 1 fully saturated rings. The van der Waals surface area contributed by atoms with Crippen LogP contribution in [-0.2, 0) is 5.60 Å². The van der Waals surface area contributed by atoms with Gasteiger partial charge in [0.25, 0.3) is 5.91 Å². The summed E-state index contributed by atoms with van der Waals surface area (Å²) in [7, 11) is 3.97. The lowest BCUT2D eigenvalue weighted by Gasteiger charge is -2.42. The molecule has 1 saturated heterocycles. The van der Waals surface area contributed by atoms with Crippen LogP contribution in [0.1, 0.15) is 42.1 Å². The number of likely N-dealkylation sites (N-methyl/N-ethyl adjacent to an activating group) is 1. The molecule has 1 amide bonds. The van der Waals surface area contributed by atoms with Gasteiger partial charge in [0.1, 0.15) is 11.3 Å². The number of nitrogens with one attached hydrogen (secondary N) is 2. The zero-order chi connectivity index (χ0) is 22.2. The van der Waals surface area contributed by atoms with Crippen LogP contribution < -0.4 is 10.2 Å². The molecule has 1 aliphatic heterocycles. The van der Waals surface area contributed by atoms with E-state index in [2.05, 4.69) is 30.3 Å². The van der Waals surface area contributed by atoms with Crippen LogP contribution in [0.25, 0.3) is 0 Å². The number of hydrogen-bond donors (Lipinski definition) is 3. The van der Waals surface area contributed by atoms with E-state index in [1.165, 1.54) is 0 Å². The third-order valence-corrected chi connectivity index (χ3v) is 6.39. The quantitative estimate of drug-likeness (QED) is 0.642. The van der Waals surface area contributed by atoms with Crippen molar-refractivity contribution in [2.45, 2.75) is 44.9 Å². The standard InChI is InChI=1S/C20H28Cl2N6O2/c1-11-16(21)17(22)18(23-11)19(29)24-12-8-9-28(10-13(12)27(4)5)15-7-6-14(25-26-15)20(2,3)30/h6-7,12-13,23,30H,8-10H2,1-5H3,(H,24,29)/t12-,13+/m1/s1. The summed E-state index contributed by atoms with van der Waals surface area (Å²) in [4.78, 5) is 20.0. The van der Waals surface area contributed by atoms with Crippen molar-refractivity contribution < 1.29 is 9.90 Å². The minimum absolute atomic E-state index is 0.0590. The summed E-state index contributed by atoms with van der Waals surface area (Å²) in [6, 6.07) is 3.66. The summed E-state index contributed by atoms with van der Waals surface area (Å²) in [6.07, 6.45) is 0.731. The molecule has 1 aliphatic rings. The number of carbonyl (C=O) groups is 1. The number of amides is 1. The van der Waals surface area contributed by atoms with Crippen molar-refractivity contribution >= 4 is 34.9 Å². The third kappa shape index (κ3) is 4.72. The first kappa shape index (κ1) is 22.8. The van der Waals surface area contributed by atoms with Crippen molar-refractivity contribution in [3.8, 4) is 0 Å². The van der Waals surface area contributed by atoms with Crippen molar-refractivity contribution in [2.75, 3.05) is 32.1 Å². The SMILES string of the molecule is Cc1[nH]c(C(=O)N[C@@H]2CCN(c3ccc(C(C)(C)O)nn3)C[C@@H]2N(C)C)c(Cl)c1Cl. The average Bonchev–Trinajstić information content (AvgIpc) is 2.95. The first-order valence-corrected chi connectivity index (χ1v) is 10.6. The van der Waals surface area contributed by atoms with E-state index in [4.69, 9.17) is 23.2 Å². The fraction of sp³-hybridized carbons (Fsp3) is 0.550. The molecule has 164 valence electrons. The molecule has 0 unspecified atom stereocenters. The molecular weight excluding hydrogens is 427 g/mol. The maximum atomic E-state index is 12.8. The Balaban J connectivity index is 1.72. The number of halogens is 2. The van der Waals surface area contributed by atoms with Gasteiger partial charge in [0, 0.05) is 30.9 Å². The number of nitrogens with zero attached hydrogens (tertiary/aromatic N) is 4. The van der Waals surface area contributed by atoms with Gasteiger partial charge in [0.2, 0.25) is 0 Å². The predicted octanol–water partition coefficient (Wildman–Crippen LogP) is 2.59. The lowest BCUT2D eigenvalue weighted by Crippen LogP contribution is -2.59. The lowest BCUT2D eigenvalue weighted by atomic mass is 9.97. The molecule has 2 aromatic heterocycles. The van der Waals surface area contributed by atoms with Crippen LogP contribution >= 0.6 is 23.2 Å². The van der Waals surface area contributed by atoms with E-state index in [9.17, 15) is 9.90 Å². The van der Waals surface area contributed by atoms with Crippen molar-refractivity contribution in [1.29, 1.82) is 0 Å². The van der Waals surface area contributed by atoms with Gasteiger partial charge in [0.05, 0.1) is 15.7 Å². The first-order chi connectivity index (χ1) is 14.0. The molecule has 0 spiro atoms. The fourth-order valence-corrected chi connectivity index (χ4v) is 4.04. The summed E-state index contributed by atoms with van der Waals surface area (Å²) in [5.41, 5.74) is 0.440. The molecule has 8 nitrogen and oxygen atoms in total. The molecule has 0 aromatic carbocycles. The van der Waals surface area contributed by atoms with E-state index in [-0.39, 0.29) is 28.7 Å². The van der Waals surface area contributed by atoms with Gasteiger partial charge in [-0.1, -0.05) is 23.2 Å². The van der Waals surface area contributed by atoms with Crippen molar-refractivity contribution in [3.63, 3.8) is 0 Å². The molecule has 2 aromatic rings. The Labute approximate surface area is 186 Å². The number of carbonyl (C=O) groups excluding carboxylic acids is 1. The second-order valence-electron chi connectivity index (χ2n) is 8.43. The second kappa shape index (κ2) is 8.70. The van der Waals surface area contributed by atoms with E-state index in [0.29, 0.717) is 29.5 Å². The highest BCUT2D eigenvalue weighted by Crippen LogP contribution is 2.29. The van der Waals surface area contributed by atoms with Gasteiger partial charge in [-0.2, -0.15) is 5.10 Å². The van der Waals surface area contributed by atoms with Crippen LogP contribution in [0.2, 0.25) is 10.0 Å². The van der Waals surface area contributed by atoms with Gasteiger partial charge in [-0.15, -0.1) is 5.10 Å². The highest BCUT2D eigenvalue weighted by Gasteiger charge is 2.33. The number of aromatic amines is 1. The largest absolute Gasteiger partial charge is 0.384 e. The summed E-state index contributed by atoms with van der Waals surface area (Å²) in [5, 5.41) is 22.2. The van der Waals surface area contributed by atoms with Crippen molar-refractivity contribution in [3.05, 3.63) is 39.3 Å². The number of rotatable bonds is 5. The van der Waals surface area contributed by atoms with Crippen LogP contribution in [0, 0.1) is 6.92 Å². The molecule has 0 radical (unpaired) electrons. The number of aliphatic hydroxyl groups is 1. The number of aromatic nitrogens is 3. The average molecular weight is 455 g/mol. The third-order valence-electron chi connectivity index (χ3n) is 5.44. The minimum atomic E-state index is -1.03. The zero-order valence-electron chi connectivity index (χ0n) is 17.8. The minimum Gasteiger partial charge on any atom is -0.384 e. The fourth-order valence-electron chi connectivity index (χ4n) is 3.62. The van der Waals surface area contributed by atoms with E-state index in [0.717, 1.165) is 12.2 Å². The summed E-state index contributed by atoms with van der Waals surface area (Å²) in [6.45, 7) is 6.52. The van der Waals surface area contributed by atoms with Crippen molar-refractivity contribution in [1.82, 2.24) is 25.4 Å². The Kier molecular flexibility index (Phi) is 6.62. The highest BCUT2D eigenvalue weighted by atomic mass is 35.5. The van der Waals surface area contributed by atoms with Crippen molar-refractivity contribution in [2.24, 2.45) is 0 Å². The Bertz CT molecular complexity index is 907. The molecule has 3 rings (SSSR count). The summed E-state index contributed by atoms with van der Waals surface area (Å²) < 4.78 is 0. The lowest BCUT2D eigenvalue weighted by molar-refractivity contribution is 0.0728. The molecule has 3 heterocycles. The number of H-pyrrole nitrogens is 1. The van der Waals surface area contributed by atoms with Crippen LogP contribution in [-0.4, -0.2) is 70.4 Å². The zero-order valence-corrected chi connectivity index (χ0v) is 19.3. The monoisotopic (exact) mass is 454 g/mol. The molecule has 0 bridgehead atoms. The van der Waals surface area contributed by atoms with E-state index >= 15 is 0 Å². The summed E-state index contributed by atoms with van der Waals surface area (Å²) in [5.74, 6) is 0.476. The predicted molar refractivity (Wildman–Crippen MR) is 118 cm³/mol. The van der Waals surface area contributed by atoms with Gasteiger partial charge >= 0.3 is 0 Å². The van der Waals surface area contributed by atoms with E-state index < -0.39 is 5.60 Å². The Morgan fingerprint density at radius 2 is 2.00 bits per heavy atom. The van der Waals surface area contributed by atoms with Gasteiger partial charge in [0.15, 0.2) is 5.82 Å². The Morgan fingerprint density at radius 1 is 1.30 bits per heavy atom. The van der Waals surface area contributed by atoms with Gasteiger partial charge in [-0.25, -0.2) is 0 Å². The topological polar surface area (TPSA) is 97.4 Å². The molecular formula is C20H28Cl2N6O2. The first-order valence-electron chi connectivity index (χ1n) is 9.81. The molecule has 2 atom stereocenters. The van der Waals surface area contributed by atoms with Gasteiger partial charge in [-0.05, 0) is 53.4 Å². The molecule has 0 saturated carbocycles. The van der Waals surface area contributed by atoms with Gasteiger partial charge in [-0.3, -0.25) is 4.79 Å². The number of piperidine rings is 1. The number of aryl methyl sites for hydroxylation is 1. The van der Waals surface area contributed by atoms with E-state index in [1.54, 1.807) is 26.8 Å². The summed E-state index contributed by atoms with van der Waals surface area (Å²) >= 11 is 12.3. The van der Waals surface area contributed by atoms with Crippen LogP contribution in [0.15, 0.2) is 12.1 Å². The maximum absolute atomic E-state index is 12.8. The maximum Gasteiger partial charge on any atom is 0.269 e. The molecule has 0 aliphatic carbocycles. The number of anilines is 1. The Hall–Kier alpha value is -1.87. The van der Waals surface area contributed by atoms with Crippen LogP contribution in [0.3, 0.4) is 0 Å². The van der Waals surface area contributed by atoms with Crippen LogP contribution in [0.4, 0.5) is 5.82 Å². The second-order valence-corrected chi connectivity index (χ2v) is 9.19. The number of hydrogen-bond acceptors (Lipinski definition) is 6. The molecule has 3 N–H and O–H groups in total.